The van der Waals surface area contributed by atoms with Crippen LogP contribution in [0, 0.1) is 18.3 Å². The van der Waals surface area contributed by atoms with Crippen LogP contribution in [0.3, 0.4) is 0 Å². The molecule has 4 aromatic rings. The van der Waals surface area contributed by atoms with Gasteiger partial charge in [-0.25, -0.2) is 14.6 Å². The Balaban J connectivity index is 1.32. The number of halogens is 1. The molecule has 0 aliphatic carbocycles. The number of carbonyl (C=O) groups excluding carboxylic acids is 1. The Bertz CT molecular complexity index is 1520. The van der Waals surface area contributed by atoms with Crippen LogP contribution in [0.2, 0.25) is 5.02 Å². The molecule has 1 aliphatic heterocycles. The molecular weight excluding hydrogens is 500 g/mol. The topological polar surface area (TPSA) is 103 Å². The van der Waals surface area contributed by atoms with Gasteiger partial charge in [0.15, 0.2) is 0 Å². The van der Waals surface area contributed by atoms with E-state index in [-0.39, 0.29) is 5.91 Å². The number of aryl methyl sites for hydroxylation is 1. The van der Waals surface area contributed by atoms with Gasteiger partial charge in [0.1, 0.15) is 0 Å². The second kappa shape index (κ2) is 10.6. The van der Waals surface area contributed by atoms with E-state index >= 15 is 0 Å². The summed E-state index contributed by atoms with van der Waals surface area (Å²) < 4.78 is 1.66. The third kappa shape index (κ3) is 5.23. The Morgan fingerprint density at radius 2 is 1.95 bits per heavy atom. The summed E-state index contributed by atoms with van der Waals surface area (Å²) in [7, 11) is 4.04. The summed E-state index contributed by atoms with van der Waals surface area (Å²) in [6, 6.07) is 15.2. The number of piperidine rings is 1. The predicted octanol–water partition coefficient (Wildman–Crippen LogP) is 4.96. The van der Waals surface area contributed by atoms with Crippen LogP contribution in [-0.2, 0) is 4.79 Å². The molecule has 0 bridgehead atoms. The molecule has 38 heavy (non-hydrogen) atoms. The second-order valence-electron chi connectivity index (χ2n) is 9.50. The van der Waals surface area contributed by atoms with Gasteiger partial charge in [-0.15, -0.1) is 0 Å². The Morgan fingerprint density at radius 1 is 1.16 bits per heavy atom. The molecule has 192 valence electrons. The van der Waals surface area contributed by atoms with Crippen molar-refractivity contribution in [2.45, 2.75) is 25.8 Å². The van der Waals surface area contributed by atoms with Crippen molar-refractivity contribution in [1.29, 1.82) is 5.26 Å². The first kappa shape index (κ1) is 25.4. The van der Waals surface area contributed by atoms with Crippen LogP contribution in [0.15, 0.2) is 61.1 Å². The SMILES string of the molecule is Cc1cnc(Nc2ccc(N3CC[C@H](N(C)C)CC3=O)cc2)nc1-c1cnn(-c2ccc(C#N)cc2Cl)c1. The number of hydrogen-bond acceptors (Lipinski definition) is 7. The first-order valence-corrected chi connectivity index (χ1v) is 12.6. The van der Waals surface area contributed by atoms with Crippen LogP contribution < -0.4 is 10.2 Å². The summed E-state index contributed by atoms with van der Waals surface area (Å²) in [5, 5.41) is 17.2. The Kier molecular flexibility index (Phi) is 7.09. The lowest BCUT2D eigenvalue weighted by Crippen LogP contribution is -2.45. The summed E-state index contributed by atoms with van der Waals surface area (Å²) in [6.45, 7) is 2.65. The molecule has 1 atom stereocenters. The maximum Gasteiger partial charge on any atom is 0.228 e. The van der Waals surface area contributed by atoms with E-state index in [0.717, 1.165) is 34.6 Å². The van der Waals surface area contributed by atoms with Gasteiger partial charge in [-0.05, 0) is 75.5 Å². The normalized spacial score (nSPS) is 15.5. The number of nitrogens with zero attached hydrogens (tertiary/aromatic N) is 7. The van der Waals surface area contributed by atoms with Crippen molar-refractivity contribution in [1.82, 2.24) is 24.6 Å². The molecule has 0 radical (unpaired) electrons. The summed E-state index contributed by atoms with van der Waals surface area (Å²) in [5.74, 6) is 0.593. The fraction of sp³-hybridized carbons (Fsp3) is 0.250. The average molecular weight is 527 g/mol. The highest BCUT2D eigenvalue weighted by Gasteiger charge is 2.27. The molecule has 1 saturated heterocycles. The molecule has 10 heteroatoms. The van der Waals surface area contributed by atoms with E-state index in [9.17, 15) is 4.79 Å². The Morgan fingerprint density at radius 3 is 2.63 bits per heavy atom. The quantitative estimate of drug-likeness (QED) is 0.378. The summed E-state index contributed by atoms with van der Waals surface area (Å²) in [5.41, 5.74) is 5.31. The third-order valence-corrected chi connectivity index (χ3v) is 7.02. The zero-order valence-electron chi connectivity index (χ0n) is 21.4. The number of benzene rings is 2. The highest BCUT2D eigenvalue weighted by Crippen LogP contribution is 2.28. The highest BCUT2D eigenvalue weighted by molar-refractivity contribution is 6.32. The summed E-state index contributed by atoms with van der Waals surface area (Å²) in [4.78, 5) is 25.8. The van der Waals surface area contributed by atoms with Crippen LogP contribution >= 0.6 is 11.6 Å². The van der Waals surface area contributed by atoms with E-state index in [1.54, 1.807) is 35.3 Å². The number of hydrogen-bond donors (Lipinski definition) is 1. The molecular formula is C28H27ClN8O. The van der Waals surface area contributed by atoms with Crippen LogP contribution in [0.5, 0.6) is 0 Å². The minimum Gasteiger partial charge on any atom is -0.324 e. The monoisotopic (exact) mass is 526 g/mol. The van der Waals surface area contributed by atoms with Crippen LogP contribution in [0.1, 0.15) is 24.0 Å². The van der Waals surface area contributed by atoms with E-state index in [1.165, 1.54) is 0 Å². The number of amides is 1. The first-order valence-electron chi connectivity index (χ1n) is 12.2. The maximum atomic E-state index is 12.7. The molecule has 0 spiro atoms. The summed E-state index contributed by atoms with van der Waals surface area (Å²) >= 11 is 6.36. The lowest BCUT2D eigenvalue weighted by molar-refractivity contribution is -0.120. The van der Waals surface area contributed by atoms with Crippen molar-refractivity contribution in [2.75, 3.05) is 30.9 Å². The van der Waals surface area contributed by atoms with E-state index in [4.69, 9.17) is 21.8 Å². The van der Waals surface area contributed by atoms with Crippen LogP contribution in [0.25, 0.3) is 16.9 Å². The highest BCUT2D eigenvalue weighted by atomic mass is 35.5. The molecule has 2 aromatic heterocycles. The molecule has 0 unspecified atom stereocenters. The standard InChI is InChI=1S/C28H27ClN8O/c1-18-15-31-28(33-21-5-7-22(8-6-21)36-11-10-23(35(2)3)13-26(36)38)34-27(18)20-16-32-37(17-20)25-9-4-19(14-30)12-24(25)29/h4-9,12,15-17,23H,10-11,13H2,1-3H3,(H,31,33,34)/t23-/m0/s1. The number of nitriles is 1. The Hall–Kier alpha value is -4.26. The number of rotatable bonds is 6. The smallest absolute Gasteiger partial charge is 0.228 e. The van der Waals surface area contributed by atoms with Gasteiger partial charge in [0.2, 0.25) is 11.9 Å². The lowest BCUT2D eigenvalue weighted by atomic mass is 10.0. The van der Waals surface area contributed by atoms with E-state index in [2.05, 4.69) is 26.4 Å². The van der Waals surface area contributed by atoms with E-state index < -0.39 is 0 Å². The number of nitrogens with one attached hydrogen (secondary N) is 1. The van der Waals surface area contributed by atoms with Gasteiger partial charge in [0.05, 0.1) is 34.2 Å². The van der Waals surface area contributed by atoms with E-state index in [0.29, 0.717) is 41.2 Å². The molecule has 9 nitrogen and oxygen atoms in total. The van der Waals surface area contributed by atoms with Gasteiger partial charge >= 0.3 is 0 Å². The predicted molar refractivity (Wildman–Crippen MR) is 148 cm³/mol. The number of carbonyl (C=O) groups is 1. The molecule has 1 fully saturated rings. The van der Waals surface area contributed by atoms with Gasteiger partial charge in [-0.1, -0.05) is 11.6 Å². The maximum absolute atomic E-state index is 12.7. The minimum atomic E-state index is 0.144. The van der Waals surface area contributed by atoms with Crippen LogP contribution in [0.4, 0.5) is 17.3 Å². The molecule has 3 heterocycles. The minimum absolute atomic E-state index is 0.144. The van der Waals surface area contributed by atoms with Crippen LogP contribution in [-0.4, -0.2) is 57.2 Å². The van der Waals surface area contributed by atoms with Gasteiger partial charge in [0, 0.05) is 48.3 Å². The average Bonchev–Trinajstić information content (AvgIpc) is 3.40. The largest absolute Gasteiger partial charge is 0.324 e. The van der Waals surface area contributed by atoms with Crippen molar-refractivity contribution >= 4 is 34.8 Å². The second-order valence-corrected chi connectivity index (χ2v) is 9.91. The van der Waals surface area contributed by atoms with Gasteiger partial charge < -0.3 is 15.1 Å². The zero-order chi connectivity index (χ0) is 26.8. The molecule has 0 saturated carbocycles. The Labute approximate surface area is 226 Å². The zero-order valence-corrected chi connectivity index (χ0v) is 22.1. The van der Waals surface area contributed by atoms with Gasteiger partial charge in [0.25, 0.3) is 0 Å². The van der Waals surface area contributed by atoms with Crippen molar-refractivity contribution in [3.63, 3.8) is 0 Å². The molecule has 2 aromatic carbocycles. The van der Waals surface area contributed by atoms with Crippen molar-refractivity contribution < 1.29 is 4.79 Å². The van der Waals surface area contributed by atoms with Gasteiger partial charge in [-0.3, -0.25) is 4.79 Å². The van der Waals surface area contributed by atoms with Crippen molar-refractivity contribution in [3.8, 4) is 23.0 Å². The first-order chi connectivity index (χ1) is 18.3. The molecule has 5 rings (SSSR count). The molecule has 1 aliphatic rings. The third-order valence-electron chi connectivity index (χ3n) is 6.71. The molecule has 1 amide bonds. The lowest BCUT2D eigenvalue weighted by Gasteiger charge is -2.34. The van der Waals surface area contributed by atoms with Crippen molar-refractivity contribution in [3.05, 3.63) is 77.2 Å². The summed E-state index contributed by atoms with van der Waals surface area (Å²) in [6.07, 6.45) is 6.81. The molecule has 1 N–H and O–H groups in total. The fourth-order valence-corrected chi connectivity index (χ4v) is 4.79. The van der Waals surface area contributed by atoms with Gasteiger partial charge in [-0.2, -0.15) is 10.4 Å². The number of anilines is 3. The van der Waals surface area contributed by atoms with E-state index in [1.807, 2.05) is 56.4 Å². The van der Waals surface area contributed by atoms with Crippen molar-refractivity contribution in [2.24, 2.45) is 0 Å². The number of aromatic nitrogens is 4. The fourth-order valence-electron chi connectivity index (χ4n) is 4.52.